The Labute approximate surface area is 143 Å². The summed E-state index contributed by atoms with van der Waals surface area (Å²) in [6.07, 6.45) is 0.769. The molecule has 0 N–H and O–H groups in total. The lowest BCUT2D eigenvalue weighted by Crippen LogP contribution is -2.38. The normalized spacial score (nSPS) is 14.0. The second-order valence-corrected chi connectivity index (χ2v) is 6.96. The molecule has 0 bridgehead atoms. The van der Waals surface area contributed by atoms with Crippen LogP contribution in [0, 0.1) is 6.92 Å². The van der Waals surface area contributed by atoms with E-state index in [2.05, 4.69) is 9.88 Å². The van der Waals surface area contributed by atoms with Crippen LogP contribution in [0.5, 0.6) is 5.75 Å². The van der Waals surface area contributed by atoms with Crippen molar-refractivity contribution in [3.05, 3.63) is 45.6 Å². The lowest BCUT2D eigenvalue weighted by molar-refractivity contribution is 0.415. The van der Waals surface area contributed by atoms with Crippen molar-refractivity contribution in [1.82, 2.24) is 14.5 Å². The van der Waals surface area contributed by atoms with Gasteiger partial charge in [0.2, 0.25) is 0 Å². The number of methoxy groups -OCH3 is 1. The number of aromatic nitrogens is 3. The molecule has 0 unspecified atom stereocenters. The van der Waals surface area contributed by atoms with Gasteiger partial charge < -0.3 is 9.64 Å². The highest BCUT2D eigenvalue weighted by Gasteiger charge is 2.24. The molecule has 2 aromatic heterocycles. The smallest absolute Gasteiger partial charge is 0.258 e. The molecular weight excluding hydrogens is 324 g/mol. The molecule has 0 saturated carbocycles. The van der Waals surface area contributed by atoms with Crippen LogP contribution in [-0.4, -0.2) is 28.2 Å². The van der Waals surface area contributed by atoms with Gasteiger partial charge in [0.05, 0.1) is 35.1 Å². The number of hydrogen-bond donors (Lipinski definition) is 0. The van der Waals surface area contributed by atoms with Gasteiger partial charge in [-0.3, -0.25) is 9.36 Å². The number of hydrogen-bond acceptors (Lipinski definition) is 6. The first kappa shape index (κ1) is 15.1. The summed E-state index contributed by atoms with van der Waals surface area (Å²) >= 11 is 1.64. The molecule has 3 aromatic rings. The Morgan fingerprint density at radius 1 is 1.29 bits per heavy atom. The largest absolute Gasteiger partial charge is 0.497 e. The van der Waals surface area contributed by atoms with Gasteiger partial charge >= 0.3 is 0 Å². The van der Waals surface area contributed by atoms with E-state index in [1.165, 1.54) is 0 Å². The highest BCUT2D eigenvalue weighted by atomic mass is 32.1. The second-order valence-electron chi connectivity index (χ2n) is 5.95. The summed E-state index contributed by atoms with van der Waals surface area (Å²) in [7, 11) is 3.43. The molecule has 0 radical (unpaired) electrons. The summed E-state index contributed by atoms with van der Waals surface area (Å²) in [6, 6.07) is 5.91. The van der Waals surface area contributed by atoms with Crippen molar-refractivity contribution < 1.29 is 4.74 Å². The zero-order valence-corrected chi connectivity index (χ0v) is 14.7. The summed E-state index contributed by atoms with van der Waals surface area (Å²) in [5.74, 6) is 1.57. The van der Waals surface area contributed by atoms with Crippen LogP contribution in [0.15, 0.2) is 23.0 Å². The Hall–Kier alpha value is -2.41. The fourth-order valence-electron chi connectivity index (χ4n) is 3.01. The van der Waals surface area contributed by atoms with Gasteiger partial charge in [-0.25, -0.2) is 9.97 Å². The minimum absolute atomic E-state index is 0.0463. The third-order valence-corrected chi connectivity index (χ3v) is 5.61. The first-order valence-corrected chi connectivity index (χ1v) is 8.63. The maximum Gasteiger partial charge on any atom is 0.258 e. The Morgan fingerprint density at radius 3 is 2.92 bits per heavy atom. The Morgan fingerprint density at radius 2 is 2.12 bits per heavy atom. The lowest BCUT2D eigenvalue weighted by Gasteiger charge is -2.27. The summed E-state index contributed by atoms with van der Waals surface area (Å²) in [5.41, 5.74) is 2.68. The highest BCUT2D eigenvalue weighted by Crippen LogP contribution is 2.32. The molecule has 1 aliphatic rings. The zero-order chi connectivity index (χ0) is 16.8. The van der Waals surface area contributed by atoms with E-state index in [-0.39, 0.29) is 5.56 Å². The van der Waals surface area contributed by atoms with Crippen LogP contribution >= 0.6 is 11.3 Å². The van der Waals surface area contributed by atoms with Crippen molar-refractivity contribution in [3.8, 4) is 5.75 Å². The molecule has 0 aliphatic carbocycles. The molecule has 0 fully saturated rings. The number of fused-ring (bicyclic) bond motifs is 2. The van der Waals surface area contributed by atoms with Crippen molar-refractivity contribution in [1.29, 1.82) is 0 Å². The first-order valence-electron chi connectivity index (χ1n) is 7.81. The van der Waals surface area contributed by atoms with Crippen molar-refractivity contribution in [2.45, 2.75) is 19.9 Å². The van der Waals surface area contributed by atoms with Gasteiger partial charge in [0.1, 0.15) is 11.6 Å². The zero-order valence-electron chi connectivity index (χ0n) is 13.9. The molecule has 3 heterocycles. The van der Waals surface area contributed by atoms with Gasteiger partial charge in [-0.1, -0.05) is 11.3 Å². The van der Waals surface area contributed by atoms with E-state index in [1.807, 2.05) is 25.1 Å². The number of rotatable bonds is 2. The highest BCUT2D eigenvalue weighted by molar-refractivity contribution is 7.22. The van der Waals surface area contributed by atoms with Gasteiger partial charge in [-0.15, -0.1) is 0 Å². The topological polar surface area (TPSA) is 60.2 Å². The minimum Gasteiger partial charge on any atom is -0.497 e. The predicted molar refractivity (Wildman–Crippen MR) is 95.1 cm³/mol. The average Bonchev–Trinajstić information content (AvgIpc) is 3.02. The standard InChI is InChI=1S/C17H18N4O2S/c1-10-18-13-6-7-21(9-12(13)16(22)20(10)2)17-19-14-8-11(23-3)4-5-15(14)24-17/h4-5,8H,6-7,9H2,1-3H3. The van der Waals surface area contributed by atoms with Crippen molar-refractivity contribution in [2.24, 2.45) is 7.05 Å². The molecule has 124 valence electrons. The summed E-state index contributed by atoms with van der Waals surface area (Å²) in [6.45, 7) is 3.25. The maximum atomic E-state index is 12.5. The Balaban J connectivity index is 1.72. The molecule has 0 saturated heterocycles. The molecule has 1 aromatic carbocycles. The lowest BCUT2D eigenvalue weighted by atomic mass is 10.1. The fraction of sp³-hybridized carbons (Fsp3) is 0.353. The van der Waals surface area contributed by atoms with Crippen LogP contribution in [0.3, 0.4) is 0 Å². The van der Waals surface area contributed by atoms with Crippen LogP contribution in [0.1, 0.15) is 17.1 Å². The molecule has 24 heavy (non-hydrogen) atoms. The third kappa shape index (κ3) is 2.36. The molecular formula is C17H18N4O2S. The molecule has 0 spiro atoms. The molecule has 0 amide bonds. The van der Waals surface area contributed by atoms with Crippen LogP contribution in [0.2, 0.25) is 0 Å². The minimum atomic E-state index is 0.0463. The summed E-state index contributed by atoms with van der Waals surface area (Å²) in [5, 5.41) is 0.937. The van der Waals surface area contributed by atoms with E-state index >= 15 is 0 Å². The van der Waals surface area contributed by atoms with Crippen LogP contribution in [0.25, 0.3) is 10.2 Å². The van der Waals surface area contributed by atoms with Gasteiger partial charge in [0.25, 0.3) is 5.56 Å². The van der Waals surface area contributed by atoms with E-state index in [4.69, 9.17) is 9.72 Å². The predicted octanol–water partition coefficient (Wildman–Crippen LogP) is 2.27. The maximum absolute atomic E-state index is 12.5. The summed E-state index contributed by atoms with van der Waals surface area (Å²) < 4.78 is 8.00. The monoisotopic (exact) mass is 342 g/mol. The van der Waals surface area contributed by atoms with Gasteiger partial charge in [0.15, 0.2) is 5.13 Å². The van der Waals surface area contributed by atoms with E-state index in [1.54, 1.807) is 30.1 Å². The van der Waals surface area contributed by atoms with Gasteiger partial charge in [-0.05, 0) is 19.1 Å². The van der Waals surface area contributed by atoms with Crippen LogP contribution in [0.4, 0.5) is 5.13 Å². The second kappa shape index (κ2) is 5.59. The van der Waals surface area contributed by atoms with Gasteiger partial charge in [0, 0.05) is 26.1 Å². The number of benzene rings is 1. The molecule has 0 atom stereocenters. The molecule has 7 heteroatoms. The number of aryl methyl sites for hydroxylation is 1. The van der Waals surface area contributed by atoms with Crippen LogP contribution in [-0.2, 0) is 20.0 Å². The number of ether oxygens (including phenoxy) is 1. The Bertz CT molecular complexity index is 992. The van der Waals surface area contributed by atoms with E-state index in [9.17, 15) is 4.79 Å². The van der Waals surface area contributed by atoms with Crippen LogP contribution < -0.4 is 15.2 Å². The van der Waals surface area contributed by atoms with E-state index in [0.717, 1.165) is 51.1 Å². The quantitative estimate of drug-likeness (QED) is 0.715. The average molecular weight is 342 g/mol. The molecule has 6 nitrogen and oxygen atoms in total. The number of nitrogens with zero attached hydrogens (tertiary/aromatic N) is 4. The van der Waals surface area contributed by atoms with Gasteiger partial charge in [-0.2, -0.15) is 0 Å². The fourth-order valence-corrected chi connectivity index (χ4v) is 3.98. The van der Waals surface area contributed by atoms with E-state index < -0.39 is 0 Å². The Kier molecular flexibility index (Phi) is 3.53. The number of anilines is 1. The third-order valence-electron chi connectivity index (χ3n) is 4.51. The van der Waals surface area contributed by atoms with Crippen molar-refractivity contribution in [2.75, 3.05) is 18.6 Å². The molecule has 4 rings (SSSR count). The van der Waals surface area contributed by atoms with Crippen molar-refractivity contribution >= 4 is 26.7 Å². The van der Waals surface area contributed by atoms with Crippen molar-refractivity contribution in [3.63, 3.8) is 0 Å². The SMILES string of the molecule is COc1ccc2sc(N3CCc4nc(C)n(C)c(=O)c4C3)nc2c1. The summed E-state index contributed by atoms with van der Waals surface area (Å²) in [4.78, 5) is 24.0. The van der Waals surface area contributed by atoms with E-state index in [0.29, 0.717) is 6.54 Å². The molecule has 1 aliphatic heterocycles. The number of thiazole rings is 1. The first-order chi connectivity index (χ1) is 11.6.